The number of fused-ring (bicyclic) bond motifs is 3. The number of aromatic nitrogens is 2. The Balaban J connectivity index is 2.12. The molecule has 0 atom stereocenters. The molecule has 3 aromatic rings. The lowest BCUT2D eigenvalue weighted by Crippen LogP contribution is -2.16. The molecule has 24 heavy (non-hydrogen) atoms. The molecule has 0 aliphatic carbocycles. The van der Waals surface area contributed by atoms with Gasteiger partial charge in [-0.3, -0.25) is 0 Å². The van der Waals surface area contributed by atoms with Crippen molar-refractivity contribution in [2.24, 2.45) is 0 Å². The van der Waals surface area contributed by atoms with Crippen molar-refractivity contribution in [3.05, 3.63) is 41.7 Å². The number of nitrogens with one attached hydrogen (secondary N) is 1. The van der Waals surface area contributed by atoms with Gasteiger partial charge in [0.1, 0.15) is 13.8 Å². The Kier molecular flexibility index (Phi) is 4.16. The molecule has 0 saturated heterocycles. The van der Waals surface area contributed by atoms with Gasteiger partial charge in [0.2, 0.25) is 0 Å². The number of hydrogen-bond donors (Lipinski definition) is 1. The largest absolute Gasteiger partial charge is 0.461 e. The molecule has 0 unspecified atom stereocenters. The Morgan fingerprint density at radius 1 is 1.21 bits per heavy atom. The number of hydrogen-bond acceptors (Lipinski definition) is 3. The topological polar surface area (TPSA) is 55.0 Å². The number of rotatable bonds is 2. The summed E-state index contributed by atoms with van der Waals surface area (Å²) in [4.78, 5) is 19.4. The summed E-state index contributed by atoms with van der Waals surface area (Å²) in [6.45, 7) is 8.79. The van der Waals surface area contributed by atoms with Gasteiger partial charge < -0.3 is 9.72 Å². The summed E-state index contributed by atoms with van der Waals surface area (Å²) in [5, 5.41) is 2.00. The average Bonchev–Trinajstić information content (AvgIpc) is 2.89. The number of benzene rings is 1. The fourth-order valence-corrected chi connectivity index (χ4v) is 2.97. The summed E-state index contributed by atoms with van der Waals surface area (Å²) in [5.74, 6) is 2.88. The van der Waals surface area contributed by atoms with E-state index in [0.717, 1.165) is 27.4 Å². The van der Waals surface area contributed by atoms with E-state index >= 15 is 0 Å². The number of H-pyrrole nitrogens is 1. The fourth-order valence-electron chi connectivity index (χ4n) is 2.45. The van der Waals surface area contributed by atoms with Gasteiger partial charge in [-0.2, -0.15) is 0 Å². The summed E-state index contributed by atoms with van der Waals surface area (Å²) < 4.78 is 5.04. The number of pyridine rings is 1. The van der Waals surface area contributed by atoms with Crippen LogP contribution >= 0.6 is 0 Å². The van der Waals surface area contributed by atoms with Gasteiger partial charge in [0.15, 0.2) is 0 Å². The van der Waals surface area contributed by atoms with Gasteiger partial charge in [-0.1, -0.05) is 25.6 Å². The number of aromatic amines is 1. The molecule has 0 saturated carbocycles. The zero-order chi connectivity index (χ0) is 17.3. The second-order valence-electron chi connectivity index (χ2n) is 6.72. The lowest BCUT2D eigenvalue weighted by molar-refractivity contribution is 0.0520. The van der Waals surface area contributed by atoms with Crippen LogP contribution in [0, 0.1) is 11.5 Å². The molecule has 0 fully saturated rings. The van der Waals surface area contributed by atoms with Crippen LogP contribution in [0.5, 0.6) is 0 Å². The van der Waals surface area contributed by atoms with E-state index in [9.17, 15) is 4.79 Å². The van der Waals surface area contributed by atoms with E-state index in [1.165, 1.54) is 0 Å². The van der Waals surface area contributed by atoms with Crippen molar-refractivity contribution < 1.29 is 9.53 Å². The zero-order valence-electron chi connectivity index (χ0n) is 14.4. The van der Waals surface area contributed by atoms with Crippen LogP contribution < -0.4 is 0 Å². The third-order valence-electron chi connectivity index (χ3n) is 3.55. The molecule has 0 spiro atoms. The van der Waals surface area contributed by atoms with Crippen molar-refractivity contribution in [2.45, 2.75) is 26.6 Å². The summed E-state index contributed by atoms with van der Waals surface area (Å²) in [6, 6.07) is 7.89. The van der Waals surface area contributed by atoms with E-state index < -0.39 is 14.0 Å². The van der Waals surface area contributed by atoms with Crippen LogP contribution in [0.1, 0.15) is 23.0 Å². The van der Waals surface area contributed by atoms with Crippen LogP contribution in [0.15, 0.2) is 30.5 Å². The molecule has 2 aromatic heterocycles. The van der Waals surface area contributed by atoms with Crippen molar-refractivity contribution in [1.29, 1.82) is 0 Å². The number of esters is 1. The maximum Gasteiger partial charge on any atom is 0.356 e. The molecular formula is C19H20N2O2Si. The first kappa shape index (κ1) is 16.3. The van der Waals surface area contributed by atoms with Gasteiger partial charge in [0.25, 0.3) is 0 Å². The first-order valence-corrected chi connectivity index (χ1v) is 11.5. The van der Waals surface area contributed by atoms with Crippen molar-refractivity contribution in [3.63, 3.8) is 0 Å². The van der Waals surface area contributed by atoms with Crippen molar-refractivity contribution >= 4 is 35.8 Å². The average molecular weight is 336 g/mol. The van der Waals surface area contributed by atoms with E-state index in [-0.39, 0.29) is 0 Å². The van der Waals surface area contributed by atoms with Crippen LogP contribution in [0.2, 0.25) is 19.6 Å². The highest BCUT2D eigenvalue weighted by atomic mass is 28.3. The lowest BCUT2D eigenvalue weighted by Gasteiger charge is -2.03. The van der Waals surface area contributed by atoms with E-state index in [4.69, 9.17) is 4.74 Å². The summed E-state index contributed by atoms with van der Waals surface area (Å²) in [6.07, 6.45) is 1.68. The standard InChI is InChI=1S/C19H20N2O2Si/c1-5-23-19(22)17-11-15-14-10-13(8-9-24(2,3)4)6-7-16(14)21-18(15)12-20-17/h6-7,10-12,21H,5H2,1-4H3. The van der Waals surface area contributed by atoms with Crippen molar-refractivity contribution in [2.75, 3.05) is 6.61 Å². The third-order valence-corrected chi connectivity index (χ3v) is 4.42. The van der Waals surface area contributed by atoms with Crippen LogP contribution in [0.4, 0.5) is 0 Å². The van der Waals surface area contributed by atoms with Gasteiger partial charge in [-0.25, -0.2) is 9.78 Å². The van der Waals surface area contributed by atoms with Crippen molar-refractivity contribution in [1.82, 2.24) is 9.97 Å². The Morgan fingerprint density at radius 2 is 1.96 bits per heavy atom. The summed E-state index contributed by atoms with van der Waals surface area (Å²) in [5.41, 5.74) is 6.59. The molecule has 1 N–H and O–H groups in total. The SMILES string of the molecule is CCOC(=O)c1cc2c(cn1)[nH]c1ccc(C#C[Si](C)(C)C)cc12. The maximum atomic E-state index is 11.9. The van der Waals surface area contributed by atoms with E-state index in [2.05, 4.69) is 47.1 Å². The van der Waals surface area contributed by atoms with Gasteiger partial charge in [0.05, 0.1) is 18.3 Å². The minimum Gasteiger partial charge on any atom is -0.461 e. The predicted octanol–water partition coefficient (Wildman–Crippen LogP) is 4.12. The third kappa shape index (κ3) is 3.34. The van der Waals surface area contributed by atoms with Crippen molar-refractivity contribution in [3.8, 4) is 11.5 Å². The van der Waals surface area contributed by atoms with E-state index in [1.54, 1.807) is 19.2 Å². The molecule has 0 radical (unpaired) electrons. The zero-order valence-corrected chi connectivity index (χ0v) is 15.4. The van der Waals surface area contributed by atoms with Crippen LogP contribution in [0.25, 0.3) is 21.8 Å². The highest BCUT2D eigenvalue weighted by Crippen LogP contribution is 2.26. The Labute approximate surface area is 142 Å². The van der Waals surface area contributed by atoms with Crippen LogP contribution in [-0.4, -0.2) is 30.6 Å². The van der Waals surface area contributed by atoms with Gasteiger partial charge >= 0.3 is 5.97 Å². The fraction of sp³-hybridized carbons (Fsp3) is 0.263. The van der Waals surface area contributed by atoms with E-state index in [1.807, 2.05) is 12.1 Å². The number of carbonyl (C=O) groups is 1. The highest BCUT2D eigenvalue weighted by molar-refractivity contribution is 6.83. The minimum absolute atomic E-state index is 0.323. The summed E-state index contributed by atoms with van der Waals surface area (Å²) in [7, 11) is -1.42. The number of carbonyl (C=O) groups excluding carboxylic acids is 1. The molecule has 2 heterocycles. The normalized spacial score (nSPS) is 11.3. The van der Waals surface area contributed by atoms with Gasteiger partial charge in [-0.15, -0.1) is 5.54 Å². The van der Waals surface area contributed by atoms with E-state index in [0.29, 0.717) is 12.3 Å². The number of ether oxygens (including phenoxy) is 1. The van der Waals surface area contributed by atoms with Gasteiger partial charge in [-0.05, 0) is 31.2 Å². The summed E-state index contributed by atoms with van der Waals surface area (Å²) >= 11 is 0. The Morgan fingerprint density at radius 3 is 2.67 bits per heavy atom. The molecule has 3 rings (SSSR count). The minimum atomic E-state index is -1.42. The van der Waals surface area contributed by atoms with Crippen LogP contribution in [0.3, 0.4) is 0 Å². The maximum absolute atomic E-state index is 11.9. The molecule has 0 aliphatic heterocycles. The molecule has 0 bridgehead atoms. The first-order valence-electron chi connectivity index (χ1n) is 7.99. The predicted molar refractivity (Wildman–Crippen MR) is 99.8 cm³/mol. The Hall–Kier alpha value is -2.58. The monoisotopic (exact) mass is 336 g/mol. The molecule has 0 amide bonds. The second kappa shape index (κ2) is 6.14. The molecule has 4 nitrogen and oxygen atoms in total. The number of nitrogens with zero attached hydrogens (tertiary/aromatic N) is 1. The molecule has 0 aliphatic rings. The first-order chi connectivity index (χ1) is 11.4. The molecular weight excluding hydrogens is 316 g/mol. The second-order valence-corrected chi connectivity index (χ2v) is 11.5. The van der Waals surface area contributed by atoms with Gasteiger partial charge in [0, 0.05) is 21.9 Å². The Bertz CT molecular complexity index is 987. The lowest BCUT2D eigenvalue weighted by atomic mass is 10.1. The molecule has 1 aromatic carbocycles. The quantitative estimate of drug-likeness (QED) is 0.435. The smallest absolute Gasteiger partial charge is 0.356 e. The highest BCUT2D eigenvalue weighted by Gasteiger charge is 2.12. The molecule has 5 heteroatoms. The molecule has 122 valence electrons. The van der Waals surface area contributed by atoms with Crippen LogP contribution in [-0.2, 0) is 4.74 Å².